The van der Waals surface area contributed by atoms with Crippen LogP contribution in [0.15, 0.2) is 36.2 Å². The summed E-state index contributed by atoms with van der Waals surface area (Å²) in [5.74, 6) is 0.856. The van der Waals surface area contributed by atoms with Gasteiger partial charge in [0.1, 0.15) is 6.26 Å². The zero-order chi connectivity index (χ0) is 14.1. The van der Waals surface area contributed by atoms with Crippen LogP contribution in [0.25, 0.3) is 0 Å². The summed E-state index contributed by atoms with van der Waals surface area (Å²) < 4.78 is 5.28. The number of nitrogens with zero attached hydrogens (tertiary/aromatic N) is 4. The summed E-state index contributed by atoms with van der Waals surface area (Å²) in [6, 6.07) is 8.12. The van der Waals surface area contributed by atoms with Gasteiger partial charge in [0.2, 0.25) is 6.35 Å². The summed E-state index contributed by atoms with van der Waals surface area (Å²) in [5, 5.41) is 13.9. The van der Waals surface area contributed by atoms with E-state index in [0.29, 0.717) is 0 Å². The van der Waals surface area contributed by atoms with Crippen molar-refractivity contribution in [2.24, 2.45) is 5.73 Å². The van der Waals surface area contributed by atoms with E-state index in [4.69, 9.17) is 10.5 Å². The van der Waals surface area contributed by atoms with Crippen molar-refractivity contribution in [1.82, 2.24) is 20.6 Å². The van der Waals surface area contributed by atoms with E-state index in [1.54, 1.807) is 6.26 Å². The van der Waals surface area contributed by atoms with Gasteiger partial charge in [-0.1, -0.05) is 19.1 Å². The van der Waals surface area contributed by atoms with Gasteiger partial charge >= 0.3 is 0 Å². The van der Waals surface area contributed by atoms with E-state index in [0.717, 1.165) is 22.8 Å². The largest absolute Gasteiger partial charge is 0.463 e. The first kappa shape index (κ1) is 12.6. The van der Waals surface area contributed by atoms with Crippen molar-refractivity contribution in [1.29, 1.82) is 0 Å². The molecule has 3 N–H and O–H groups in total. The molecule has 2 atom stereocenters. The SMILES string of the molecule is CC1=COC(N)N1c1ccc([C@@H](C)c2nnn[nH]2)cc1. The highest BCUT2D eigenvalue weighted by atomic mass is 16.5. The standard InChI is InChI=1S/C13H16N6O/c1-8-7-20-13(14)19(8)11-5-3-10(4-6-11)9(2)12-15-17-18-16-12/h3-7,9,13H,14H2,1-2H3,(H,15,16,17,18)/t9-,13?/m1/s1. The van der Waals surface area contributed by atoms with Crippen LogP contribution in [0.2, 0.25) is 0 Å². The molecule has 0 amide bonds. The molecule has 1 aromatic carbocycles. The second-order valence-electron chi connectivity index (χ2n) is 4.76. The number of nitrogens with one attached hydrogen (secondary N) is 1. The molecule has 7 heteroatoms. The van der Waals surface area contributed by atoms with Crippen LogP contribution in [0, 0.1) is 0 Å². The average molecular weight is 272 g/mol. The zero-order valence-electron chi connectivity index (χ0n) is 11.3. The number of H-pyrrole nitrogens is 1. The Labute approximate surface area is 116 Å². The normalized spacial score (nSPS) is 19.6. The number of hydrogen-bond acceptors (Lipinski definition) is 6. The highest BCUT2D eigenvalue weighted by Crippen LogP contribution is 2.28. The van der Waals surface area contributed by atoms with Crippen molar-refractivity contribution in [2.75, 3.05) is 4.90 Å². The molecule has 3 rings (SSSR count). The van der Waals surface area contributed by atoms with Crippen molar-refractivity contribution in [3.63, 3.8) is 0 Å². The van der Waals surface area contributed by atoms with Crippen molar-refractivity contribution in [2.45, 2.75) is 26.1 Å². The lowest BCUT2D eigenvalue weighted by atomic mass is 10.0. The van der Waals surface area contributed by atoms with E-state index in [-0.39, 0.29) is 5.92 Å². The Bertz CT molecular complexity index is 606. The minimum absolute atomic E-state index is 0.110. The van der Waals surface area contributed by atoms with Crippen LogP contribution >= 0.6 is 0 Å². The molecule has 0 bridgehead atoms. The van der Waals surface area contributed by atoms with Gasteiger partial charge in [-0.3, -0.25) is 10.6 Å². The summed E-state index contributed by atoms with van der Waals surface area (Å²) in [5.41, 5.74) is 9.00. The third-order valence-electron chi connectivity index (χ3n) is 3.46. The number of benzene rings is 1. The Kier molecular flexibility index (Phi) is 3.11. The molecular formula is C13H16N6O. The minimum Gasteiger partial charge on any atom is -0.463 e. The molecule has 0 radical (unpaired) electrons. The smallest absolute Gasteiger partial charge is 0.230 e. The Balaban J connectivity index is 1.83. The number of aromatic amines is 1. The van der Waals surface area contributed by atoms with Crippen LogP contribution in [0.1, 0.15) is 31.2 Å². The van der Waals surface area contributed by atoms with Gasteiger partial charge in [0.05, 0.1) is 5.70 Å². The molecule has 0 aliphatic carbocycles. The summed E-state index contributed by atoms with van der Waals surface area (Å²) in [6.07, 6.45) is 1.21. The number of allylic oxidation sites excluding steroid dienone is 1. The molecule has 0 saturated carbocycles. The highest BCUT2D eigenvalue weighted by molar-refractivity contribution is 5.54. The van der Waals surface area contributed by atoms with E-state index in [1.807, 2.05) is 43.0 Å². The fraction of sp³-hybridized carbons (Fsp3) is 0.308. The van der Waals surface area contributed by atoms with Crippen LogP contribution in [-0.2, 0) is 4.74 Å². The van der Waals surface area contributed by atoms with Crippen molar-refractivity contribution in [3.05, 3.63) is 47.6 Å². The van der Waals surface area contributed by atoms with Gasteiger partial charge in [0.25, 0.3) is 0 Å². The maximum Gasteiger partial charge on any atom is 0.230 e. The van der Waals surface area contributed by atoms with Gasteiger partial charge in [-0.05, 0) is 35.0 Å². The number of anilines is 1. The fourth-order valence-corrected chi connectivity index (χ4v) is 2.27. The van der Waals surface area contributed by atoms with Gasteiger partial charge in [-0.2, -0.15) is 0 Å². The topological polar surface area (TPSA) is 93.0 Å². The Morgan fingerprint density at radius 2 is 2.10 bits per heavy atom. The van der Waals surface area contributed by atoms with Gasteiger partial charge < -0.3 is 4.74 Å². The first-order chi connectivity index (χ1) is 9.66. The summed E-state index contributed by atoms with van der Waals surface area (Å²) in [7, 11) is 0. The molecule has 0 fully saturated rings. The molecule has 1 aliphatic heterocycles. The number of rotatable bonds is 3. The molecule has 1 unspecified atom stereocenters. The molecule has 0 saturated heterocycles. The van der Waals surface area contributed by atoms with Gasteiger partial charge in [0.15, 0.2) is 5.82 Å². The molecule has 0 spiro atoms. The number of ether oxygens (including phenoxy) is 1. The number of nitrogens with two attached hydrogens (primary N) is 1. The predicted molar refractivity (Wildman–Crippen MR) is 73.4 cm³/mol. The second-order valence-corrected chi connectivity index (χ2v) is 4.76. The van der Waals surface area contributed by atoms with Gasteiger partial charge in [-0.25, -0.2) is 5.10 Å². The summed E-state index contributed by atoms with van der Waals surface area (Å²) in [4.78, 5) is 1.93. The molecule has 1 aromatic heterocycles. The van der Waals surface area contributed by atoms with Gasteiger partial charge in [-0.15, -0.1) is 5.10 Å². The molecule has 104 valence electrons. The monoisotopic (exact) mass is 272 g/mol. The van der Waals surface area contributed by atoms with Crippen molar-refractivity contribution < 1.29 is 4.74 Å². The summed E-state index contributed by atoms with van der Waals surface area (Å²) in [6.45, 7) is 4.01. The number of aromatic nitrogens is 4. The van der Waals surface area contributed by atoms with E-state index in [1.165, 1.54) is 0 Å². The fourth-order valence-electron chi connectivity index (χ4n) is 2.27. The lowest BCUT2D eigenvalue weighted by molar-refractivity contribution is 0.178. The van der Waals surface area contributed by atoms with E-state index in [9.17, 15) is 0 Å². The van der Waals surface area contributed by atoms with E-state index in [2.05, 4.69) is 20.6 Å². The Morgan fingerprint density at radius 3 is 2.65 bits per heavy atom. The maximum atomic E-state index is 5.90. The second kappa shape index (κ2) is 4.93. The van der Waals surface area contributed by atoms with Crippen LogP contribution in [-0.4, -0.2) is 27.0 Å². The molecule has 2 heterocycles. The van der Waals surface area contributed by atoms with Crippen LogP contribution in [0.3, 0.4) is 0 Å². The third kappa shape index (κ3) is 2.12. The van der Waals surface area contributed by atoms with Crippen LogP contribution in [0.5, 0.6) is 0 Å². The average Bonchev–Trinajstić information content (AvgIpc) is 3.09. The third-order valence-corrected chi connectivity index (χ3v) is 3.46. The molecular weight excluding hydrogens is 256 g/mol. The van der Waals surface area contributed by atoms with Crippen LogP contribution < -0.4 is 10.6 Å². The van der Waals surface area contributed by atoms with Gasteiger partial charge in [0, 0.05) is 11.6 Å². The predicted octanol–water partition coefficient (Wildman–Crippen LogP) is 1.29. The lowest BCUT2D eigenvalue weighted by Gasteiger charge is -2.23. The lowest BCUT2D eigenvalue weighted by Crippen LogP contribution is -2.37. The highest BCUT2D eigenvalue weighted by Gasteiger charge is 2.23. The first-order valence-electron chi connectivity index (χ1n) is 6.37. The number of tetrazole rings is 1. The maximum absolute atomic E-state index is 5.90. The quantitative estimate of drug-likeness (QED) is 0.874. The molecule has 7 nitrogen and oxygen atoms in total. The Hall–Kier alpha value is -2.41. The first-order valence-corrected chi connectivity index (χ1v) is 6.37. The van der Waals surface area contributed by atoms with Crippen molar-refractivity contribution >= 4 is 5.69 Å². The van der Waals surface area contributed by atoms with Crippen molar-refractivity contribution in [3.8, 4) is 0 Å². The zero-order valence-corrected chi connectivity index (χ0v) is 11.3. The molecule has 2 aromatic rings. The summed E-state index contributed by atoms with van der Waals surface area (Å²) >= 11 is 0. The van der Waals surface area contributed by atoms with E-state index >= 15 is 0 Å². The molecule has 20 heavy (non-hydrogen) atoms. The number of hydrogen-bond donors (Lipinski definition) is 2. The van der Waals surface area contributed by atoms with E-state index < -0.39 is 6.35 Å². The Morgan fingerprint density at radius 1 is 1.35 bits per heavy atom. The van der Waals surface area contributed by atoms with Crippen LogP contribution in [0.4, 0.5) is 5.69 Å². The molecule has 1 aliphatic rings. The minimum atomic E-state index is -0.461.